The molecule has 4 rings (SSSR count). The molecule has 214 valence electrons. The van der Waals surface area contributed by atoms with Crippen LogP contribution >= 0.6 is 0 Å². The van der Waals surface area contributed by atoms with Crippen molar-refractivity contribution in [2.75, 3.05) is 20.3 Å². The van der Waals surface area contributed by atoms with Crippen LogP contribution in [-0.2, 0) is 22.4 Å². The van der Waals surface area contributed by atoms with Crippen molar-refractivity contribution in [1.82, 2.24) is 5.32 Å². The lowest BCUT2D eigenvalue weighted by Crippen LogP contribution is -2.39. The molecule has 0 fully saturated rings. The molecule has 0 bridgehead atoms. The normalized spacial score (nSPS) is 11.7. The number of hydrogen-bond acceptors (Lipinski definition) is 6. The fourth-order valence-corrected chi connectivity index (χ4v) is 4.76. The minimum absolute atomic E-state index is 0.156. The van der Waals surface area contributed by atoms with Crippen molar-refractivity contribution in [2.45, 2.75) is 44.6 Å². The molecule has 7 heteroatoms. The zero-order valence-corrected chi connectivity index (χ0v) is 23.4. The molecule has 0 spiro atoms. The van der Waals surface area contributed by atoms with Crippen molar-refractivity contribution < 1.29 is 28.6 Å². The fraction of sp³-hybridized carbons (Fsp3) is 0.294. The first-order valence-electron chi connectivity index (χ1n) is 13.9. The highest BCUT2D eigenvalue weighted by atomic mass is 16.5. The molecule has 0 aliphatic rings. The molecular weight excluding hydrogens is 518 g/mol. The highest BCUT2D eigenvalue weighted by molar-refractivity contribution is 6.10. The van der Waals surface area contributed by atoms with Crippen LogP contribution in [0.25, 0.3) is 22.3 Å². The summed E-state index contributed by atoms with van der Waals surface area (Å²) in [6.07, 6.45) is 5.48. The molecule has 0 saturated carbocycles. The van der Waals surface area contributed by atoms with Gasteiger partial charge in [-0.3, -0.25) is 4.79 Å². The van der Waals surface area contributed by atoms with Crippen molar-refractivity contribution in [3.8, 4) is 17.1 Å². The van der Waals surface area contributed by atoms with Gasteiger partial charge in [-0.15, -0.1) is 6.58 Å². The van der Waals surface area contributed by atoms with Crippen molar-refractivity contribution in [1.29, 1.82) is 0 Å². The Morgan fingerprint density at radius 3 is 2.44 bits per heavy atom. The lowest BCUT2D eigenvalue weighted by molar-refractivity contribution is -0.122. The minimum Gasteiger partial charge on any atom is -0.493 e. The van der Waals surface area contributed by atoms with E-state index >= 15 is 0 Å². The summed E-state index contributed by atoms with van der Waals surface area (Å²) in [6, 6.07) is 22.5. The van der Waals surface area contributed by atoms with Crippen molar-refractivity contribution in [3.63, 3.8) is 0 Å². The van der Waals surface area contributed by atoms with Gasteiger partial charge in [0, 0.05) is 17.4 Å². The molecule has 4 aromatic rings. The Morgan fingerprint density at radius 1 is 1.02 bits per heavy atom. The highest BCUT2D eigenvalue weighted by Gasteiger charge is 2.26. The number of carbonyl (C=O) groups is 2. The molecule has 1 heterocycles. The average Bonchev–Trinajstić information content (AvgIpc) is 3.39. The van der Waals surface area contributed by atoms with Crippen molar-refractivity contribution in [2.24, 2.45) is 0 Å². The SMILES string of the molecule is C=CCCCCOC(=O)c1c(-c2ccccc2)oc2c(OC)cc(CCC(=O)N[C@H](CO)Cc3ccccc3)cc12. The molecule has 0 saturated heterocycles. The molecule has 2 N–H and O–H groups in total. The summed E-state index contributed by atoms with van der Waals surface area (Å²) in [7, 11) is 1.54. The molecule has 0 aliphatic carbocycles. The summed E-state index contributed by atoms with van der Waals surface area (Å²) in [4.78, 5) is 26.2. The Morgan fingerprint density at radius 2 is 1.76 bits per heavy atom. The molecule has 1 atom stereocenters. The number of benzene rings is 3. The number of aliphatic hydroxyl groups is 1. The maximum absolute atomic E-state index is 13.4. The minimum atomic E-state index is -0.468. The zero-order chi connectivity index (χ0) is 29.0. The number of ether oxygens (including phenoxy) is 2. The summed E-state index contributed by atoms with van der Waals surface area (Å²) >= 11 is 0. The Balaban J connectivity index is 1.56. The Bertz CT molecular complexity index is 1440. The number of unbranched alkanes of at least 4 members (excludes halogenated alkanes) is 2. The topological polar surface area (TPSA) is 98.0 Å². The van der Waals surface area contributed by atoms with E-state index < -0.39 is 5.97 Å². The molecular formula is C34H37NO6. The number of carbonyl (C=O) groups excluding carboxylic acids is 2. The van der Waals surface area contributed by atoms with Gasteiger partial charge in [0.25, 0.3) is 0 Å². The number of esters is 1. The number of nitrogens with one attached hydrogen (secondary N) is 1. The Kier molecular flexibility index (Phi) is 10.7. The maximum atomic E-state index is 13.4. The summed E-state index contributed by atoms with van der Waals surface area (Å²) in [5.74, 6) is 0.245. The van der Waals surface area contributed by atoms with E-state index in [1.807, 2.05) is 78.9 Å². The third kappa shape index (κ3) is 7.86. The monoisotopic (exact) mass is 555 g/mol. The van der Waals surface area contributed by atoms with Crippen LogP contribution in [0, 0.1) is 0 Å². The molecule has 41 heavy (non-hydrogen) atoms. The highest BCUT2D eigenvalue weighted by Crippen LogP contribution is 2.39. The largest absolute Gasteiger partial charge is 0.493 e. The van der Waals surface area contributed by atoms with Gasteiger partial charge in [-0.05, 0) is 55.4 Å². The number of aliphatic hydroxyl groups excluding tert-OH is 1. The van der Waals surface area contributed by atoms with Gasteiger partial charge in [0.1, 0.15) is 11.3 Å². The number of aryl methyl sites for hydroxylation is 1. The van der Waals surface area contributed by atoms with E-state index in [1.165, 1.54) is 0 Å². The van der Waals surface area contributed by atoms with E-state index in [4.69, 9.17) is 13.9 Å². The van der Waals surface area contributed by atoms with Gasteiger partial charge in [0.2, 0.25) is 5.91 Å². The van der Waals surface area contributed by atoms with Gasteiger partial charge < -0.3 is 24.3 Å². The van der Waals surface area contributed by atoms with Gasteiger partial charge in [0.05, 0.1) is 26.4 Å². The summed E-state index contributed by atoms with van der Waals surface area (Å²) in [5.41, 5.74) is 3.38. The van der Waals surface area contributed by atoms with Crippen LogP contribution in [0.4, 0.5) is 0 Å². The van der Waals surface area contributed by atoms with Gasteiger partial charge in [-0.25, -0.2) is 4.79 Å². The third-order valence-electron chi connectivity index (χ3n) is 6.86. The van der Waals surface area contributed by atoms with E-state index in [0.29, 0.717) is 47.5 Å². The average molecular weight is 556 g/mol. The van der Waals surface area contributed by atoms with E-state index in [-0.39, 0.29) is 25.0 Å². The number of allylic oxidation sites excluding steroid dienone is 1. The molecule has 0 unspecified atom stereocenters. The van der Waals surface area contributed by atoms with Gasteiger partial charge >= 0.3 is 5.97 Å². The lowest BCUT2D eigenvalue weighted by atomic mass is 10.0. The van der Waals surface area contributed by atoms with Gasteiger partial charge in [0.15, 0.2) is 11.3 Å². The first-order valence-corrected chi connectivity index (χ1v) is 13.9. The zero-order valence-electron chi connectivity index (χ0n) is 23.4. The number of furan rings is 1. The number of amides is 1. The smallest absolute Gasteiger partial charge is 0.342 e. The molecule has 3 aromatic carbocycles. The summed E-state index contributed by atoms with van der Waals surface area (Å²) in [5, 5.41) is 13.3. The van der Waals surface area contributed by atoms with Crippen LogP contribution in [0.1, 0.15) is 47.2 Å². The standard InChI is InChI=1S/C34H37NO6/c1-3-4-5-12-19-40-34(38)31-28-21-25(17-18-30(37)35-27(23-36)20-24-13-8-6-9-14-24)22-29(39-2)33(28)41-32(31)26-15-10-7-11-16-26/h3,6-11,13-16,21-22,27,36H,1,4-5,12,17-20,23H2,2H3,(H,35,37)/t27-/m0/s1. The second kappa shape index (κ2) is 14.9. The first kappa shape index (κ1) is 29.6. The molecule has 7 nitrogen and oxygen atoms in total. The molecule has 1 aromatic heterocycles. The van der Waals surface area contributed by atoms with Crippen LogP contribution in [0.3, 0.4) is 0 Å². The summed E-state index contributed by atoms with van der Waals surface area (Å²) < 4.78 is 17.5. The number of hydrogen-bond donors (Lipinski definition) is 2. The molecule has 0 radical (unpaired) electrons. The third-order valence-corrected chi connectivity index (χ3v) is 6.86. The predicted octanol–water partition coefficient (Wildman–Crippen LogP) is 6.27. The van der Waals surface area contributed by atoms with Crippen LogP contribution in [-0.4, -0.2) is 43.3 Å². The van der Waals surface area contributed by atoms with Gasteiger partial charge in [-0.2, -0.15) is 0 Å². The lowest BCUT2D eigenvalue weighted by Gasteiger charge is -2.16. The van der Waals surface area contributed by atoms with E-state index in [0.717, 1.165) is 36.0 Å². The number of fused-ring (bicyclic) bond motifs is 1. The fourth-order valence-electron chi connectivity index (χ4n) is 4.76. The second-order valence-electron chi connectivity index (χ2n) is 9.90. The van der Waals surface area contributed by atoms with Gasteiger partial charge in [-0.1, -0.05) is 66.7 Å². The first-order chi connectivity index (χ1) is 20.0. The number of rotatable bonds is 15. The Hall–Kier alpha value is -4.36. The Labute approximate surface area is 240 Å². The molecule has 1 amide bonds. The van der Waals surface area contributed by atoms with Crippen LogP contribution in [0.5, 0.6) is 5.75 Å². The van der Waals surface area contributed by atoms with Crippen molar-refractivity contribution >= 4 is 22.8 Å². The van der Waals surface area contributed by atoms with Crippen LogP contribution < -0.4 is 10.1 Å². The molecule has 0 aliphatic heterocycles. The van der Waals surface area contributed by atoms with E-state index in [2.05, 4.69) is 11.9 Å². The van der Waals surface area contributed by atoms with Crippen molar-refractivity contribution in [3.05, 3.63) is 102 Å². The maximum Gasteiger partial charge on any atom is 0.342 e. The quantitative estimate of drug-likeness (QED) is 0.102. The van der Waals surface area contributed by atoms with E-state index in [1.54, 1.807) is 7.11 Å². The van der Waals surface area contributed by atoms with Crippen LogP contribution in [0.15, 0.2) is 89.9 Å². The van der Waals surface area contributed by atoms with Crippen LogP contribution in [0.2, 0.25) is 0 Å². The predicted molar refractivity (Wildman–Crippen MR) is 160 cm³/mol. The summed E-state index contributed by atoms with van der Waals surface area (Å²) in [6.45, 7) is 3.87. The second-order valence-corrected chi connectivity index (χ2v) is 9.90. The number of methoxy groups -OCH3 is 1. The van der Waals surface area contributed by atoms with E-state index in [9.17, 15) is 14.7 Å².